The van der Waals surface area contributed by atoms with Crippen molar-refractivity contribution in [1.29, 1.82) is 0 Å². The Bertz CT molecular complexity index is 536. The summed E-state index contributed by atoms with van der Waals surface area (Å²) in [5.74, 6) is 1.09. The molecule has 0 saturated carbocycles. The third-order valence-electron chi connectivity index (χ3n) is 3.09. The van der Waals surface area contributed by atoms with Crippen molar-refractivity contribution in [3.63, 3.8) is 0 Å². The number of nitrogens with zero attached hydrogens (tertiary/aromatic N) is 2. The molecule has 0 aliphatic rings. The Kier molecular flexibility index (Phi) is 5.09. The van der Waals surface area contributed by atoms with E-state index in [2.05, 4.69) is 36.5 Å². The molecule has 0 fully saturated rings. The molecule has 0 bridgehead atoms. The molecule has 2 rings (SSSR count). The average molecular weight is 291 g/mol. The van der Waals surface area contributed by atoms with Crippen molar-refractivity contribution in [2.24, 2.45) is 0 Å². The average Bonchev–Trinajstić information content (AvgIpc) is 2.95. The Morgan fingerprint density at radius 3 is 2.65 bits per heavy atom. The lowest BCUT2D eigenvalue weighted by atomic mass is 10.1. The maximum Gasteiger partial charge on any atom is 0.212 e. The van der Waals surface area contributed by atoms with Gasteiger partial charge in [-0.25, -0.2) is 9.97 Å². The highest BCUT2D eigenvalue weighted by atomic mass is 32.1. The van der Waals surface area contributed by atoms with Crippen LogP contribution in [0.15, 0.2) is 23.7 Å². The van der Waals surface area contributed by atoms with E-state index in [1.54, 1.807) is 18.4 Å². The van der Waals surface area contributed by atoms with Gasteiger partial charge in [-0.1, -0.05) is 26.8 Å². The number of methoxy groups -OCH3 is 1. The minimum Gasteiger partial charge on any atom is -0.481 e. The molecule has 2 heterocycles. The van der Waals surface area contributed by atoms with Crippen LogP contribution in [0.1, 0.15) is 49.0 Å². The lowest BCUT2D eigenvalue weighted by Crippen LogP contribution is -2.22. The molecule has 2 aromatic heterocycles. The Balaban J connectivity index is 2.28. The normalized spacial score (nSPS) is 12.7. The molecule has 1 unspecified atom stereocenters. The molecule has 5 heteroatoms. The van der Waals surface area contributed by atoms with Crippen LogP contribution in [-0.2, 0) is 0 Å². The minimum absolute atomic E-state index is 0.0934. The highest BCUT2D eigenvalue weighted by Gasteiger charge is 2.18. The van der Waals surface area contributed by atoms with Crippen molar-refractivity contribution in [1.82, 2.24) is 15.3 Å². The summed E-state index contributed by atoms with van der Waals surface area (Å²) in [6.07, 6.45) is 1.85. The van der Waals surface area contributed by atoms with E-state index in [9.17, 15) is 0 Å². The first-order chi connectivity index (χ1) is 9.65. The Morgan fingerprint density at radius 1 is 1.35 bits per heavy atom. The summed E-state index contributed by atoms with van der Waals surface area (Å²) in [7, 11) is 1.62. The van der Waals surface area contributed by atoms with Gasteiger partial charge in [-0.2, -0.15) is 0 Å². The molecule has 0 aromatic carbocycles. The van der Waals surface area contributed by atoms with E-state index in [0.29, 0.717) is 11.8 Å². The van der Waals surface area contributed by atoms with Crippen LogP contribution >= 0.6 is 11.3 Å². The van der Waals surface area contributed by atoms with E-state index < -0.39 is 0 Å². The van der Waals surface area contributed by atoms with E-state index in [0.717, 1.165) is 22.8 Å². The molecule has 108 valence electrons. The minimum atomic E-state index is 0.0934. The third-order valence-corrected chi connectivity index (χ3v) is 4.02. The van der Waals surface area contributed by atoms with Crippen LogP contribution in [0.25, 0.3) is 0 Å². The summed E-state index contributed by atoms with van der Waals surface area (Å²) < 4.78 is 5.11. The molecule has 0 spiro atoms. The van der Waals surface area contributed by atoms with Crippen molar-refractivity contribution >= 4 is 11.3 Å². The zero-order valence-electron chi connectivity index (χ0n) is 12.4. The Labute approximate surface area is 124 Å². The van der Waals surface area contributed by atoms with Gasteiger partial charge in [0, 0.05) is 17.6 Å². The van der Waals surface area contributed by atoms with Crippen molar-refractivity contribution in [3.05, 3.63) is 40.0 Å². The summed E-state index contributed by atoms with van der Waals surface area (Å²) in [6, 6.07) is 4.02. The molecular formula is C15H21N3OS. The molecule has 2 aromatic rings. The Hall–Kier alpha value is -1.46. The van der Waals surface area contributed by atoms with Crippen LogP contribution in [-0.4, -0.2) is 23.6 Å². The molecule has 0 saturated heterocycles. The maximum atomic E-state index is 5.11. The summed E-state index contributed by atoms with van der Waals surface area (Å²) in [5, 5.41) is 6.70. The van der Waals surface area contributed by atoms with Gasteiger partial charge in [-0.3, -0.25) is 0 Å². The fourth-order valence-electron chi connectivity index (χ4n) is 1.93. The zero-order valence-corrected chi connectivity index (χ0v) is 13.2. The quantitative estimate of drug-likeness (QED) is 0.886. The number of rotatable bonds is 6. The topological polar surface area (TPSA) is 47.0 Å². The molecule has 20 heavy (non-hydrogen) atoms. The lowest BCUT2D eigenvalue weighted by molar-refractivity contribution is 0.397. The van der Waals surface area contributed by atoms with Crippen LogP contribution in [0.2, 0.25) is 0 Å². The first-order valence-electron chi connectivity index (χ1n) is 6.84. The van der Waals surface area contributed by atoms with Gasteiger partial charge in [0.25, 0.3) is 0 Å². The number of pyridine rings is 1. The van der Waals surface area contributed by atoms with E-state index in [1.807, 2.05) is 18.3 Å². The fourth-order valence-corrected chi connectivity index (χ4v) is 3.01. The summed E-state index contributed by atoms with van der Waals surface area (Å²) in [4.78, 5) is 9.03. The molecular weight excluding hydrogens is 270 g/mol. The van der Waals surface area contributed by atoms with Crippen molar-refractivity contribution in [2.45, 2.75) is 32.7 Å². The molecule has 4 nitrogen and oxygen atoms in total. The van der Waals surface area contributed by atoms with E-state index >= 15 is 0 Å². The van der Waals surface area contributed by atoms with Gasteiger partial charge < -0.3 is 10.1 Å². The van der Waals surface area contributed by atoms with Crippen LogP contribution in [0.4, 0.5) is 0 Å². The third kappa shape index (κ3) is 3.35. The second-order valence-electron chi connectivity index (χ2n) is 4.89. The number of hydrogen-bond acceptors (Lipinski definition) is 5. The van der Waals surface area contributed by atoms with Gasteiger partial charge in [-0.05, 0) is 18.0 Å². The zero-order chi connectivity index (χ0) is 14.5. The molecule has 0 amide bonds. The molecule has 1 N–H and O–H groups in total. The SMILES string of the molecule is CCNC(c1ccc(OC)nc1)c1nc(C(C)C)cs1. The van der Waals surface area contributed by atoms with Crippen LogP contribution in [0, 0.1) is 0 Å². The largest absolute Gasteiger partial charge is 0.481 e. The summed E-state index contributed by atoms with van der Waals surface area (Å²) >= 11 is 1.70. The molecule has 1 atom stereocenters. The van der Waals surface area contributed by atoms with E-state index in [4.69, 9.17) is 9.72 Å². The number of hydrogen-bond donors (Lipinski definition) is 1. The second-order valence-corrected chi connectivity index (χ2v) is 5.78. The van der Waals surface area contributed by atoms with Crippen molar-refractivity contribution in [3.8, 4) is 5.88 Å². The van der Waals surface area contributed by atoms with Crippen LogP contribution in [0.3, 0.4) is 0 Å². The number of thiazole rings is 1. The van der Waals surface area contributed by atoms with E-state index in [-0.39, 0.29) is 6.04 Å². The van der Waals surface area contributed by atoms with Gasteiger partial charge in [0.2, 0.25) is 5.88 Å². The molecule has 0 aliphatic carbocycles. The first kappa shape index (κ1) is 14.9. The number of ether oxygens (including phenoxy) is 1. The predicted octanol–water partition coefficient (Wildman–Crippen LogP) is 3.37. The monoisotopic (exact) mass is 291 g/mol. The van der Waals surface area contributed by atoms with E-state index in [1.165, 1.54) is 0 Å². The van der Waals surface area contributed by atoms with Crippen molar-refractivity contribution in [2.75, 3.05) is 13.7 Å². The highest BCUT2D eigenvalue weighted by Crippen LogP contribution is 2.27. The molecule has 0 aliphatic heterocycles. The van der Waals surface area contributed by atoms with Gasteiger partial charge in [0.15, 0.2) is 0 Å². The standard InChI is InChI=1S/C15H21N3OS/c1-5-16-14(11-6-7-13(19-4)17-8-11)15-18-12(9-20-15)10(2)3/h6-10,14,16H,5H2,1-4H3. The number of aromatic nitrogens is 2. The van der Waals surface area contributed by atoms with Gasteiger partial charge >= 0.3 is 0 Å². The van der Waals surface area contributed by atoms with Gasteiger partial charge in [0.05, 0.1) is 18.8 Å². The highest BCUT2D eigenvalue weighted by molar-refractivity contribution is 7.09. The lowest BCUT2D eigenvalue weighted by Gasteiger charge is -2.15. The summed E-state index contributed by atoms with van der Waals surface area (Å²) in [6.45, 7) is 7.31. The van der Waals surface area contributed by atoms with Gasteiger partial charge in [0.1, 0.15) is 5.01 Å². The second kappa shape index (κ2) is 6.81. The van der Waals surface area contributed by atoms with Crippen molar-refractivity contribution < 1.29 is 4.74 Å². The molecule has 0 radical (unpaired) electrons. The first-order valence-corrected chi connectivity index (χ1v) is 7.72. The predicted molar refractivity (Wildman–Crippen MR) is 82.5 cm³/mol. The number of nitrogens with one attached hydrogen (secondary N) is 1. The fraction of sp³-hybridized carbons (Fsp3) is 0.467. The smallest absolute Gasteiger partial charge is 0.212 e. The van der Waals surface area contributed by atoms with Gasteiger partial charge in [-0.15, -0.1) is 11.3 Å². The van der Waals surface area contributed by atoms with Crippen LogP contribution < -0.4 is 10.1 Å². The Morgan fingerprint density at radius 2 is 2.15 bits per heavy atom. The summed E-state index contributed by atoms with van der Waals surface area (Å²) in [5.41, 5.74) is 2.26. The maximum absolute atomic E-state index is 5.11. The van der Waals surface area contributed by atoms with Crippen LogP contribution in [0.5, 0.6) is 5.88 Å².